The Bertz CT molecular complexity index is 1060. The number of hydrogen-bond acceptors (Lipinski definition) is 5. The molecule has 1 aliphatic carbocycles. The van der Waals surface area contributed by atoms with Crippen LogP contribution < -0.4 is 0 Å². The van der Waals surface area contributed by atoms with Crippen molar-refractivity contribution >= 4 is 29.3 Å². The number of imide groups is 1. The fraction of sp³-hybridized carbons (Fsp3) is 0.364. The Morgan fingerprint density at radius 1 is 1.10 bits per heavy atom. The molecule has 0 bridgehead atoms. The van der Waals surface area contributed by atoms with E-state index in [4.69, 9.17) is 16.1 Å². The van der Waals surface area contributed by atoms with Crippen molar-refractivity contribution in [3.63, 3.8) is 0 Å². The molecule has 0 N–H and O–H groups in total. The van der Waals surface area contributed by atoms with Crippen LogP contribution in [0.5, 0.6) is 0 Å². The van der Waals surface area contributed by atoms with Crippen LogP contribution in [0.4, 0.5) is 0 Å². The van der Waals surface area contributed by atoms with Crippen LogP contribution >= 0.6 is 11.6 Å². The first-order valence-electron chi connectivity index (χ1n) is 9.99. The maximum Gasteiger partial charge on any atom is 0.259 e. The predicted molar refractivity (Wildman–Crippen MR) is 109 cm³/mol. The number of hydrogen-bond donors (Lipinski definition) is 0. The van der Waals surface area contributed by atoms with Crippen LogP contribution in [0.15, 0.2) is 40.9 Å². The molecule has 2 saturated heterocycles. The molecule has 2 atom stereocenters. The highest BCUT2D eigenvalue weighted by Gasteiger charge is 2.52. The number of allylic oxidation sites excluding steroid dienone is 2. The average molecular weight is 426 g/mol. The summed E-state index contributed by atoms with van der Waals surface area (Å²) in [6.45, 7) is 2.31. The van der Waals surface area contributed by atoms with Crippen molar-refractivity contribution in [3.8, 4) is 11.3 Å². The van der Waals surface area contributed by atoms with Gasteiger partial charge in [0.25, 0.3) is 5.91 Å². The minimum atomic E-state index is -0.275. The summed E-state index contributed by atoms with van der Waals surface area (Å²) >= 11 is 6.28. The highest BCUT2D eigenvalue weighted by molar-refractivity contribution is 6.33. The predicted octanol–water partition coefficient (Wildman–Crippen LogP) is 3.08. The summed E-state index contributed by atoms with van der Waals surface area (Å²) in [6.07, 6.45) is 5.17. The molecule has 7 nitrogen and oxygen atoms in total. The van der Waals surface area contributed by atoms with Crippen molar-refractivity contribution in [3.05, 3.63) is 52.8 Å². The van der Waals surface area contributed by atoms with Crippen molar-refractivity contribution in [2.45, 2.75) is 25.8 Å². The first-order chi connectivity index (χ1) is 14.5. The third kappa shape index (κ3) is 2.80. The first-order valence-corrected chi connectivity index (χ1v) is 10.4. The van der Waals surface area contributed by atoms with Crippen molar-refractivity contribution in [2.75, 3.05) is 13.1 Å². The van der Waals surface area contributed by atoms with E-state index in [0.717, 1.165) is 0 Å². The number of likely N-dealkylation sites (tertiary alicyclic amines) is 2. The van der Waals surface area contributed by atoms with E-state index in [1.54, 1.807) is 30.0 Å². The minimum Gasteiger partial charge on any atom is -0.360 e. The number of benzene rings is 1. The Labute approximate surface area is 178 Å². The number of amides is 3. The van der Waals surface area contributed by atoms with Crippen LogP contribution in [0.2, 0.25) is 5.02 Å². The summed E-state index contributed by atoms with van der Waals surface area (Å²) in [4.78, 5) is 41.7. The third-order valence-electron chi connectivity index (χ3n) is 6.26. The second kappa shape index (κ2) is 7.09. The van der Waals surface area contributed by atoms with E-state index < -0.39 is 0 Å². The lowest BCUT2D eigenvalue weighted by Gasteiger charge is -2.43. The second-order valence-electron chi connectivity index (χ2n) is 8.01. The fourth-order valence-corrected chi connectivity index (χ4v) is 4.81. The molecule has 3 heterocycles. The van der Waals surface area contributed by atoms with Gasteiger partial charge in [-0.05, 0) is 25.8 Å². The van der Waals surface area contributed by atoms with Gasteiger partial charge in [-0.15, -0.1) is 0 Å². The number of halogens is 1. The molecule has 2 fully saturated rings. The molecule has 1 aromatic heterocycles. The largest absolute Gasteiger partial charge is 0.360 e. The lowest BCUT2D eigenvalue weighted by atomic mass is 9.85. The monoisotopic (exact) mass is 425 g/mol. The van der Waals surface area contributed by atoms with Gasteiger partial charge in [-0.2, -0.15) is 0 Å². The molecule has 0 radical (unpaired) electrons. The molecule has 2 unspecified atom stereocenters. The van der Waals surface area contributed by atoms with Gasteiger partial charge in [0.05, 0.1) is 22.9 Å². The lowest BCUT2D eigenvalue weighted by molar-refractivity contribution is -0.145. The van der Waals surface area contributed by atoms with Crippen LogP contribution in [0.3, 0.4) is 0 Å². The standard InChI is InChI=1S/C22H20ClN3O4/c1-12-18(19(24-30-12)16-8-4-5-9-17(16)23)22(29)25-10-13(11-25)26-20(27)14-6-2-3-7-15(14)21(26)28/h2-5,8-9,13-15H,6-7,10-11H2,1H3. The van der Waals surface area contributed by atoms with Gasteiger partial charge < -0.3 is 9.42 Å². The third-order valence-corrected chi connectivity index (χ3v) is 6.59. The van der Waals surface area contributed by atoms with E-state index in [-0.39, 0.29) is 35.6 Å². The molecule has 2 aromatic rings. The second-order valence-corrected chi connectivity index (χ2v) is 8.42. The van der Waals surface area contributed by atoms with Gasteiger partial charge in [-0.25, -0.2) is 0 Å². The maximum atomic E-state index is 13.2. The minimum absolute atomic E-state index is 0.107. The lowest BCUT2D eigenvalue weighted by Crippen LogP contribution is -2.62. The Kier molecular flexibility index (Phi) is 4.50. The van der Waals surface area contributed by atoms with Crippen molar-refractivity contribution < 1.29 is 18.9 Å². The van der Waals surface area contributed by atoms with E-state index in [0.29, 0.717) is 53.5 Å². The topological polar surface area (TPSA) is 83.7 Å². The molecule has 0 spiro atoms. The molecular formula is C22H20ClN3O4. The molecule has 2 aliphatic heterocycles. The first kappa shape index (κ1) is 19.1. The number of aryl methyl sites for hydroxylation is 1. The van der Waals surface area contributed by atoms with Crippen molar-refractivity contribution in [1.29, 1.82) is 0 Å². The van der Waals surface area contributed by atoms with Gasteiger partial charge in [-0.3, -0.25) is 19.3 Å². The molecule has 3 aliphatic rings. The quantitative estimate of drug-likeness (QED) is 0.557. The molecule has 0 saturated carbocycles. The van der Waals surface area contributed by atoms with E-state index in [1.165, 1.54) is 4.90 Å². The van der Waals surface area contributed by atoms with E-state index in [9.17, 15) is 14.4 Å². The summed E-state index contributed by atoms with van der Waals surface area (Å²) in [7, 11) is 0. The van der Waals surface area contributed by atoms with Crippen LogP contribution in [0.1, 0.15) is 29.0 Å². The molecule has 5 rings (SSSR count). The van der Waals surface area contributed by atoms with E-state index in [1.807, 2.05) is 18.2 Å². The Morgan fingerprint density at radius 3 is 2.37 bits per heavy atom. The molecule has 154 valence electrons. The fourth-order valence-electron chi connectivity index (χ4n) is 4.59. The molecular weight excluding hydrogens is 406 g/mol. The van der Waals surface area contributed by atoms with Crippen molar-refractivity contribution in [2.24, 2.45) is 11.8 Å². The summed E-state index contributed by atoms with van der Waals surface area (Å²) in [5.74, 6) is -0.547. The number of aromatic nitrogens is 1. The van der Waals surface area contributed by atoms with Crippen LogP contribution in [-0.2, 0) is 9.59 Å². The SMILES string of the molecule is Cc1onc(-c2ccccc2Cl)c1C(=O)N1CC(N2C(=O)C3CC=CCC3C2=O)C1. The smallest absolute Gasteiger partial charge is 0.259 e. The number of carbonyl (C=O) groups is 3. The molecule has 3 amide bonds. The average Bonchev–Trinajstić information content (AvgIpc) is 3.21. The number of fused-ring (bicyclic) bond motifs is 1. The van der Waals surface area contributed by atoms with Gasteiger partial charge in [0.1, 0.15) is 17.0 Å². The van der Waals surface area contributed by atoms with Crippen LogP contribution in [0.25, 0.3) is 11.3 Å². The highest BCUT2D eigenvalue weighted by atomic mass is 35.5. The van der Waals surface area contributed by atoms with E-state index in [2.05, 4.69) is 5.16 Å². The Morgan fingerprint density at radius 2 is 1.73 bits per heavy atom. The zero-order valence-electron chi connectivity index (χ0n) is 16.4. The van der Waals surface area contributed by atoms with Gasteiger partial charge in [0.2, 0.25) is 11.8 Å². The number of nitrogens with zero attached hydrogens (tertiary/aromatic N) is 3. The zero-order chi connectivity index (χ0) is 21.0. The van der Waals surface area contributed by atoms with Gasteiger partial charge in [0, 0.05) is 18.7 Å². The highest BCUT2D eigenvalue weighted by Crippen LogP contribution is 2.38. The number of carbonyl (C=O) groups excluding carboxylic acids is 3. The molecule has 8 heteroatoms. The normalized spacial score (nSPS) is 23.7. The Hall–Kier alpha value is -2.93. The maximum absolute atomic E-state index is 13.2. The van der Waals surface area contributed by atoms with Gasteiger partial charge >= 0.3 is 0 Å². The Balaban J connectivity index is 1.34. The van der Waals surface area contributed by atoms with Gasteiger partial charge in [0.15, 0.2) is 0 Å². The molecule has 1 aromatic carbocycles. The zero-order valence-corrected chi connectivity index (χ0v) is 17.1. The van der Waals surface area contributed by atoms with Crippen molar-refractivity contribution in [1.82, 2.24) is 15.0 Å². The summed E-state index contributed by atoms with van der Waals surface area (Å²) in [5, 5.41) is 4.52. The number of rotatable bonds is 3. The van der Waals surface area contributed by atoms with Gasteiger partial charge in [-0.1, -0.05) is 47.1 Å². The van der Waals surface area contributed by atoms with E-state index >= 15 is 0 Å². The summed E-state index contributed by atoms with van der Waals surface area (Å²) in [5.41, 5.74) is 1.38. The van der Waals surface area contributed by atoms with Crippen LogP contribution in [0, 0.1) is 18.8 Å². The molecule has 30 heavy (non-hydrogen) atoms. The van der Waals surface area contributed by atoms with Crippen LogP contribution in [-0.4, -0.2) is 51.8 Å². The summed E-state index contributed by atoms with van der Waals surface area (Å²) < 4.78 is 5.29. The summed E-state index contributed by atoms with van der Waals surface area (Å²) in [6, 6.07) is 6.86.